The first-order chi connectivity index (χ1) is 13.2. The van der Waals surface area contributed by atoms with Gasteiger partial charge in [-0.05, 0) is 36.6 Å². The molecular formula is C19H25Cl3O5Si. The van der Waals surface area contributed by atoms with Gasteiger partial charge in [0, 0.05) is 6.08 Å². The minimum atomic E-state index is -3.32. The molecule has 1 atom stereocenters. The quantitative estimate of drug-likeness (QED) is 0.101. The van der Waals surface area contributed by atoms with Crippen molar-refractivity contribution in [1.82, 2.24) is 0 Å². The maximum Gasteiger partial charge on any atom is 0.355 e. The van der Waals surface area contributed by atoms with E-state index in [1.165, 1.54) is 12.1 Å². The maximum atomic E-state index is 12.7. The summed E-state index contributed by atoms with van der Waals surface area (Å²) in [5.74, 6) is -1.13. The Balaban J connectivity index is 3.11. The van der Waals surface area contributed by atoms with Gasteiger partial charge in [0.15, 0.2) is 11.5 Å². The van der Waals surface area contributed by atoms with Gasteiger partial charge < -0.3 is 14.6 Å². The number of hydrogen-bond acceptors (Lipinski definition) is 4. The summed E-state index contributed by atoms with van der Waals surface area (Å²) in [6, 6.07) is 1.52. The van der Waals surface area contributed by atoms with E-state index in [9.17, 15) is 9.59 Å². The Bertz CT molecular complexity index is 689. The molecule has 0 spiro atoms. The third-order valence-electron chi connectivity index (χ3n) is 3.88. The molecule has 0 aromatic heterocycles. The van der Waals surface area contributed by atoms with E-state index >= 15 is 0 Å². The molecule has 0 aliphatic rings. The number of carboxylic acid groups (broad SMARTS) is 1. The van der Waals surface area contributed by atoms with Gasteiger partial charge in [0.1, 0.15) is 0 Å². The van der Waals surface area contributed by atoms with E-state index in [0.29, 0.717) is 24.3 Å². The number of rotatable bonds is 12. The van der Waals surface area contributed by atoms with Crippen molar-refractivity contribution in [3.05, 3.63) is 29.8 Å². The molecule has 1 N–H and O–H groups in total. The van der Waals surface area contributed by atoms with Crippen LogP contribution in [0.2, 0.25) is 5.54 Å². The van der Waals surface area contributed by atoms with Gasteiger partial charge in [-0.1, -0.05) is 39.2 Å². The molecule has 0 aliphatic carbocycles. The largest absolute Gasteiger partial charge is 0.490 e. The number of carboxylic acids is 1. The van der Waals surface area contributed by atoms with E-state index < -0.39 is 23.5 Å². The Morgan fingerprint density at radius 1 is 1.14 bits per heavy atom. The van der Waals surface area contributed by atoms with E-state index in [4.69, 9.17) is 47.8 Å². The zero-order chi connectivity index (χ0) is 21.2. The molecule has 5 nitrogen and oxygen atoms in total. The molecule has 0 radical (unpaired) electrons. The van der Waals surface area contributed by atoms with Crippen LogP contribution in [-0.2, 0) is 9.59 Å². The summed E-state index contributed by atoms with van der Waals surface area (Å²) >= 11 is 18.3. The van der Waals surface area contributed by atoms with Crippen molar-refractivity contribution < 1.29 is 24.2 Å². The first kappa shape index (κ1) is 24.8. The molecule has 0 bridgehead atoms. The van der Waals surface area contributed by atoms with Gasteiger partial charge >= 0.3 is 17.9 Å². The van der Waals surface area contributed by atoms with E-state index in [2.05, 4.69) is 0 Å². The third-order valence-corrected chi connectivity index (χ3v) is 7.56. The topological polar surface area (TPSA) is 72.8 Å². The first-order valence-corrected chi connectivity index (χ1v) is 14.3. The summed E-state index contributed by atoms with van der Waals surface area (Å²) in [5, 5.41) is 8.80. The zero-order valence-corrected chi connectivity index (χ0v) is 19.2. The second-order valence-corrected chi connectivity index (χ2v) is 15.1. The minimum Gasteiger partial charge on any atom is -0.490 e. The molecule has 0 fully saturated rings. The van der Waals surface area contributed by atoms with Gasteiger partial charge in [-0.3, -0.25) is 4.79 Å². The van der Waals surface area contributed by atoms with Gasteiger partial charge in [0.2, 0.25) is 0 Å². The second kappa shape index (κ2) is 12.4. The minimum absolute atomic E-state index is 0.179. The molecule has 0 amide bonds. The number of unbranched alkanes of at least 4 members (excludes halogenated alkanes) is 2. The van der Waals surface area contributed by atoms with Gasteiger partial charge in [-0.15, -0.1) is 33.2 Å². The van der Waals surface area contributed by atoms with Gasteiger partial charge in [0.05, 0.1) is 12.1 Å². The number of ether oxygens (including phenoxy) is 2. The van der Waals surface area contributed by atoms with Crippen molar-refractivity contribution in [2.75, 3.05) is 6.61 Å². The lowest BCUT2D eigenvalue weighted by molar-refractivity contribution is -0.134. The number of hydrogen-bond donors (Lipinski definition) is 1. The molecule has 28 heavy (non-hydrogen) atoms. The smallest absolute Gasteiger partial charge is 0.355 e. The first-order valence-electron chi connectivity index (χ1n) is 9.15. The number of benzene rings is 1. The van der Waals surface area contributed by atoms with Crippen LogP contribution in [0.15, 0.2) is 24.3 Å². The van der Waals surface area contributed by atoms with Crippen LogP contribution >= 0.6 is 33.2 Å². The van der Waals surface area contributed by atoms with Crippen molar-refractivity contribution in [1.29, 1.82) is 0 Å². The molecule has 1 aromatic rings. The molecule has 1 aromatic carbocycles. The van der Waals surface area contributed by atoms with Gasteiger partial charge in [-0.25, -0.2) is 4.79 Å². The average Bonchev–Trinajstić information content (AvgIpc) is 2.60. The average molecular weight is 468 g/mol. The van der Waals surface area contributed by atoms with Crippen LogP contribution in [-0.4, -0.2) is 29.7 Å². The summed E-state index contributed by atoms with van der Waals surface area (Å²) in [6.45, 7) is 4.48. The Hall–Kier alpha value is -1.21. The normalized spacial score (nSPS) is 12.8. The molecule has 0 heterocycles. The Morgan fingerprint density at radius 3 is 2.39 bits per heavy atom. The third kappa shape index (κ3) is 8.86. The number of aliphatic carboxylic acids is 1. The lowest BCUT2D eigenvalue weighted by Crippen LogP contribution is -2.30. The summed E-state index contributed by atoms with van der Waals surface area (Å²) in [4.78, 5) is 23.5. The van der Waals surface area contributed by atoms with E-state index in [1.54, 1.807) is 12.1 Å². The van der Waals surface area contributed by atoms with Gasteiger partial charge in [0.25, 0.3) is 0 Å². The predicted octanol–water partition coefficient (Wildman–Crippen LogP) is 6.08. The Morgan fingerprint density at radius 2 is 1.82 bits per heavy atom. The fourth-order valence-electron chi connectivity index (χ4n) is 2.32. The highest BCUT2D eigenvalue weighted by molar-refractivity contribution is 7.65. The monoisotopic (exact) mass is 466 g/mol. The molecule has 1 rings (SSSR count). The second-order valence-electron chi connectivity index (χ2n) is 6.24. The highest BCUT2D eigenvalue weighted by Gasteiger charge is 2.43. The summed E-state index contributed by atoms with van der Waals surface area (Å²) in [7, 11) is 0. The Kier molecular flexibility index (Phi) is 11.0. The SMILES string of the molecule is CCCCOc1ccc(/C=C/C(=O)O)cc1OC(=O)C(CCCC)[Si](Cl)(Cl)Cl. The lowest BCUT2D eigenvalue weighted by atomic mass is 10.1. The van der Waals surface area contributed by atoms with Crippen molar-refractivity contribution in [2.45, 2.75) is 51.5 Å². The van der Waals surface area contributed by atoms with Crippen molar-refractivity contribution >= 4 is 57.3 Å². The van der Waals surface area contributed by atoms with Crippen molar-refractivity contribution in [2.24, 2.45) is 0 Å². The van der Waals surface area contributed by atoms with Gasteiger partial charge in [-0.2, -0.15) is 0 Å². The van der Waals surface area contributed by atoms with E-state index in [0.717, 1.165) is 31.8 Å². The zero-order valence-electron chi connectivity index (χ0n) is 15.9. The number of carbonyl (C=O) groups excluding carboxylic acids is 1. The number of halogens is 3. The maximum absolute atomic E-state index is 12.7. The summed E-state index contributed by atoms with van der Waals surface area (Å²) in [6.07, 6.45) is 6.22. The van der Waals surface area contributed by atoms with Crippen LogP contribution in [0.25, 0.3) is 6.08 Å². The highest BCUT2D eigenvalue weighted by Crippen LogP contribution is 2.40. The summed E-state index contributed by atoms with van der Waals surface area (Å²) in [5.41, 5.74) is -0.247. The molecule has 1 unspecified atom stereocenters. The van der Waals surface area contributed by atoms with E-state index in [1.807, 2.05) is 13.8 Å². The Labute approximate surface area is 180 Å². The highest BCUT2D eigenvalue weighted by atomic mass is 35.8. The van der Waals surface area contributed by atoms with Crippen LogP contribution in [0.3, 0.4) is 0 Å². The molecule has 9 heteroatoms. The van der Waals surface area contributed by atoms with Crippen molar-refractivity contribution in [3.8, 4) is 11.5 Å². The van der Waals surface area contributed by atoms with Crippen molar-refractivity contribution in [3.63, 3.8) is 0 Å². The predicted molar refractivity (Wildman–Crippen MR) is 116 cm³/mol. The van der Waals surface area contributed by atoms with Crippen LogP contribution in [0.4, 0.5) is 0 Å². The molecule has 0 saturated heterocycles. The molecule has 156 valence electrons. The molecule has 0 aliphatic heterocycles. The van der Waals surface area contributed by atoms with Crippen LogP contribution in [0.1, 0.15) is 51.5 Å². The standard InChI is InChI=1S/C19H25Cl3O5Si/c1-3-5-7-17(28(20,21)22)19(25)27-16-13-14(9-11-18(23)24)8-10-15(16)26-12-6-4-2/h8-11,13,17H,3-7,12H2,1-2H3,(H,23,24)/b11-9+. The van der Waals surface area contributed by atoms with E-state index in [-0.39, 0.29) is 5.75 Å². The summed E-state index contributed by atoms with van der Waals surface area (Å²) < 4.78 is 11.2. The van der Waals surface area contributed by atoms with Crippen LogP contribution < -0.4 is 9.47 Å². The number of carbonyl (C=O) groups is 2. The molecule has 0 saturated carbocycles. The molecular weight excluding hydrogens is 443 g/mol. The number of esters is 1. The fourth-order valence-corrected chi connectivity index (χ4v) is 4.97. The lowest BCUT2D eigenvalue weighted by Gasteiger charge is -2.21. The van der Waals surface area contributed by atoms with Crippen LogP contribution in [0, 0.1) is 0 Å². The van der Waals surface area contributed by atoms with Crippen LogP contribution in [0.5, 0.6) is 11.5 Å². The fraction of sp³-hybridized carbons (Fsp3) is 0.474.